The van der Waals surface area contributed by atoms with E-state index in [1.807, 2.05) is 0 Å². The molecule has 2 aromatic heterocycles. The predicted molar refractivity (Wildman–Crippen MR) is 71.8 cm³/mol. The minimum atomic E-state index is -0.181. The standard InChI is InChI=1S/C13H19N3OS/c1-12(2,3)11-15-9(7-18-11)6-13(4,5)10-16-14-8-17-10/h7-8H,6H2,1-5H3. The number of hydrogen-bond acceptors (Lipinski definition) is 5. The van der Waals surface area contributed by atoms with Crippen LogP contribution >= 0.6 is 11.3 Å². The monoisotopic (exact) mass is 265 g/mol. The molecule has 18 heavy (non-hydrogen) atoms. The Hall–Kier alpha value is -1.23. The van der Waals surface area contributed by atoms with Crippen molar-refractivity contribution in [1.82, 2.24) is 15.2 Å². The smallest absolute Gasteiger partial charge is 0.222 e. The third kappa shape index (κ3) is 2.77. The second kappa shape index (κ2) is 4.46. The first-order valence-corrected chi connectivity index (χ1v) is 6.88. The molecule has 2 heterocycles. The van der Waals surface area contributed by atoms with Crippen LogP contribution in [0, 0.1) is 0 Å². The van der Waals surface area contributed by atoms with Crippen LogP contribution in [-0.2, 0) is 17.3 Å². The normalized spacial score (nSPS) is 12.9. The van der Waals surface area contributed by atoms with E-state index in [0.29, 0.717) is 5.89 Å². The fourth-order valence-corrected chi connectivity index (χ4v) is 2.64. The summed E-state index contributed by atoms with van der Waals surface area (Å²) in [5, 5.41) is 11.0. The van der Waals surface area contributed by atoms with E-state index < -0.39 is 0 Å². The van der Waals surface area contributed by atoms with Crippen molar-refractivity contribution >= 4 is 11.3 Å². The SMILES string of the molecule is CC(C)(C)c1nc(CC(C)(C)c2nnco2)cs1. The summed E-state index contributed by atoms with van der Waals surface area (Å²) in [7, 11) is 0. The lowest BCUT2D eigenvalue weighted by Crippen LogP contribution is -2.21. The van der Waals surface area contributed by atoms with Crippen molar-refractivity contribution in [3.8, 4) is 0 Å². The van der Waals surface area contributed by atoms with Crippen molar-refractivity contribution in [1.29, 1.82) is 0 Å². The summed E-state index contributed by atoms with van der Waals surface area (Å²) >= 11 is 1.72. The molecule has 0 saturated heterocycles. The summed E-state index contributed by atoms with van der Waals surface area (Å²) in [6.45, 7) is 10.7. The fourth-order valence-electron chi connectivity index (χ4n) is 1.73. The molecule has 0 bridgehead atoms. The molecule has 0 aliphatic rings. The lowest BCUT2D eigenvalue weighted by molar-refractivity contribution is 0.364. The highest BCUT2D eigenvalue weighted by Crippen LogP contribution is 2.30. The molecular formula is C13H19N3OS. The van der Waals surface area contributed by atoms with Gasteiger partial charge in [0.2, 0.25) is 12.3 Å². The van der Waals surface area contributed by atoms with E-state index >= 15 is 0 Å². The van der Waals surface area contributed by atoms with E-state index in [4.69, 9.17) is 9.40 Å². The summed E-state index contributed by atoms with van der Waals surface area (Å²) < 4.78 is 5.30. The van der Waals surface area contributed by atoms with Crippen LogP contribution in [0.4, 0.5) is 0 Å². The van der Waals surface area contributed by atoms with Gasteiger partial charge in [0, 0.05) is 22.6 Å². The number of aromatic nitrogens is 3. The van der Waals surface area contributed by atoms with Gasteiger partial charge in [-0.15, -0.1) is 21.5 Å². The second-order valence-corrected chi connectivity index (χ2v) is 7.06. The van der Waals surface area contributed by atoms with Crippen molar-refractivity contribution in [3.05, 3.63) is 28.4 Å². The highest BCUT2D eigenvalue weighted by atomic mass is 32.1. The molecule has 0 saturated carbocycles. The number of rotatable bonds is 3. The maximum atomic E-state index is 5.30. The molecule has 0 atom stereocenters. The van der Waals surface area contributed by atoms with Gasteiger partial charge in [0.1, 0.15) is 0 Å². The van der Waals surface area contributed by atoms with Crippen molar-refractivity contribution in [2.45, 2.75) is 51.9 Å². The Balaban J connectivity index is 2.17. The van der Waals surface area contributed by atoms with Gasteiger partial charge in [0.05, 0.1) is 10.7 Å². The van der Waals surface area contributed by atoms with Crippen LogP contribution in [0.25, 0.3) is 0 Å². The maximum Gasteiger partial charge on any atom is 0.222 e. The zero-order chi connectivity index (χ0) is 13.4. The van der Waals surface area contributed by atoms with Gasteiger partial charge in [0.25, 0.3) is 0 Å². The molecule has 0 N–H and O–H groups in total. The third-order valence-electron chi connectivity index (χ3n) is 2.76. The first kappa shape index (κ1) is 13.2. The Morgan fingerprint density at radius 2 is 1.94 bits per heavy atom. The summed E-state index contributed by atoms with van der Waals surface area (Å²) in [6.07, 6.45) is 2.18. The molecule has 0 unspecified atom stereocenters. The van der Waals surface area contributed by atoms with Crippen molar-refractivity contribution in [3.63, 3.8) is 0 Å². The molecule has 0 fully saturated rings. The highest BCUT2D eigenvalue weighted by molar-refractivity contribution is 7.09. The van der Waals surface area contributed by atoms with Gasteiger partial charge in [-0.25, -0.2) is 4.98 Å². The Kier molecular flexibility index (Phi) is 3.27. The van der Waals surface area contributed by atoms with Crippen LogP contribution in [0.5, 0.6) is 0 Å². The van der Waals surface area contributed by atoms with E-state index in [0.717, 1.165) is 12.1 Å². The second-order valence-electron chi connectivity index (χ2n) is 6.20. The van der Waals surface area contributed by atoms with Crippen LogP contribution in [0.15, 0.2) is 16.2 Å². The number of nitrogens with zero attached hydrogens (tertiary/aromatic N) is 3. The first-order chi connectivity index (χ1) is 8.29. The molecule has 2 rings (SSSR count). The topological polar surface area (TPSA) is 51.8 Å². The summed E-state index contributed by atoms with van der Waals surface area (Å²) in [5.74, 6) is 0.660. The lowest BCUT2D eigenvalue weighted by Gasteiger charge is -2.18. The van der Waals surface area contributed by atoms with Gasteiger partial charge in [-0.05, 0) is 0 Å². The first-order valence-electron chi connectivity index (χ1n) is 6.00. The van der Waals surface area contributed by atoms with Gasteiger partial charge < -0.3 is 4.42 Å². The average molecular weight is 265 g/mol. The number of hydrogen-bond donors (Lipinski definition) is 0. The Morgan fingerprint density at radius 3 is 2.44 bits per heavy atom. The Bertz CT molecular complexity index is 509. The van der Waals surface area contributed by atoms with Gasteiger partial charge >= 0.3 is 0 Å². The average Bonchev–Trinajstić information content (AvgIpc) is 2.83. The van der Waals surface area contributed by atoms with E-state index in [1.165, 1.54) is 11.4 Å². The highest BCUT2D eigenvalue weighted by Gasteiger charge is 2.28. The van der Waals surface area contributed by atoms with E-state index in [2.05, 4.69) is 50.2 Å². The van der Waals surface area contributed by atoms with Crippen molar-refractivity contribution < 1.29 is 4.42 Å². The lowest BCUT2D eigenvalue weighted by atomic mass is 9.88. The third-order valence-corrected chi connectivity index (χ3v) is 4.07. The van der Waals surface area contributed by atoms with Crippen LogP contribution in [0.1, 0.15) is 51.2 Å². The molecular weight excluding hydrogens is 246 g/mol. The molecule has 4 nitrogen and oxygen atoms in total. The van der Waals surface area contributed by atoms with E-state index in [9.17, 15) is 0 Å². The predicted octanol–water partition coefficient (Wildman–Crippen LogP) is 3.34. The minimum Gasteiger partial charge on any atom is -0.427 e. The quantitative estimate of drug-likeness (QED) is 0.854. The zero-order valence-electron chi connectivity index (χ0n) is 11.5. The van der Waals surface area contributed by atoms with Crippen molar-refractivity contribution in [2.75, 3.05) is 0 Å². The summed E-state index contributed by atoms with van der Waals surface area (Å²) in [6, 6.07) is 0. The van der Waals surface area contributed by atoms with Crippen LogP contribution in [-0.4, -0.2) is 15.2 Å². The van der Waals surface area contributed by atoms with Gasteiger partial charge in [0.15, 0.2) is 0 Å². The molecule has 2 aromatic rings. The molecule has 98 valence electrons. The maximum absolute atomic E-state index is 5.30. The molecule has 0 amide bonds. The van der Waals surface area contributed by atoms with E-state index in [1.54, 1.807) is 11.3 Å². The summed E-state index contributed by atoms with van der Waals surface area (Å²) in [4.78, 5) is 4.71. The number of thiazole rings is 1. The molecule has 0 aliphatic heterocycles. The molecule has 0 aliphatic carbocycles. The van der Waals surface area contributed by atoms with Gasteiger partial charge in [-0.3, -0.25) is 0 Å². The van der Waals surface area contributed by atoms with E-state index in [-0.39, 0.29) is 10.8 Å². The zero-order valence-corrected chi connectivity index (χ0v) is 12.3. The van der Waals surface area contributed by atoms with Crippen LogP contribution in [0.2, 0.25) is 0 Å². The van der Waals surface area contributed by atoms with Crippen LogP contribution < -0.4 is 0 Å². The Morgan fingerprint density at radius 1 is 1.22 bits per heavy atom. The molecule has 0 radical (unpaired) electrons. The minimum absolute atomic E-state index is 0.109. The van der Waals surface area contributed by atoms with Gasteiger partial charge in [-0.1, -0.05) is 34.6 Å². The molecule has 0 spiro atoms. The van der Waals surface area contributed by atoms with Crippen molar-refractivity contribution in [2.24, 2.45) is 0 Å². The Labute approximate surface area is 111 Å². The molecule has 0 aromatic carbocycles. The molecule has 5 heteroatoms. The fraction of sp³-hybridized carbons (Fsp3) is 0.615. The van der Waals surface area contributed by atoms with Gasteiger partial charge in [-0.2, -0.15) is 0 Å². The van der Waals surface area contributed by atoms with Crippen LogP contribution in [0.3, 0.4) is 0 Å². The largest absolute Gasteiger partial charge is 0.427 e. The summed E-state index contributed by atoms with van der Waals surface area (Å²) in [5.41, 5.74) is 1.02.